The highest BCUT2D eigenvalue weighted by Gasteiger charge is 2.17. The van der Waals surface area contributed by atoms with E-state index in [2.05, 4.69) is 40.8 Å². The number of hydrogen-bond donors (Lipinski definition) is 1. The van der Waals surface area contributed by atoms with Crippen molar-refractivity contribution in [1.82, 2.24) is 14.9 Å². The molecule has 4 nitrogen and oxygen atoms in total. The molecule has 3 heterocycles. The first-order valence-electron chi connectivity index (χ1n) is 6.81. The van der Waals surface area contributed by atoms with Crippen LogP contribution in [0.1, 0.15) is 18.0 Å². The van der Waals surface area contributed by atoms with Crippen LogP contribution in [0.15, 0.2) is 55.0 Å². The van der Waals surface area contributed by atoms with Crippen LogP contribution in [0.25, 0.3) is 16.8 Å². The lowest BCUT2D eigenvalue weighted by atomic mass is 9.99. The highest BCUT2D eigenvalue weighted by molar-refractivity contribution is 5.77. The molecule has 1 N–H and O–H groups in total. The number of nitrogens with zero attached hydrogens (tertiary/aromatic N) is 2. The molecule has 1 saturated heterocycles. The molecule has 0 radical (unpaired) electrons. The lowest BCUT2D eigenvalue weighted by Crippen LogP contribution is -2.11. The Labute approximate surface area is 117 Å². The standard InChI is InChI=1S/C16H15N3O/c1-3-12(11-13(4-1)15-6-10-20-18-15)14-5-2-8-19-9-7-17-16(14)19/h1-5,7-9,11,15,18H,6,10H2/t15-/m1/s1. The quantitative estimate of drug-likeness (QED) is 0.774. The number of aromatic nitrogens is 2. The molecule has 1 aliphatic heterocycles. The van der Waals surface area contributed by atoms with E-state index in [0.717, 1.165) is 24.2 Å². The fraction of sp³-hybridized carbons (Fsp3) is 0.188. The van der Waals surface area contributed by atoms with Gasteiger partial charge in [0.25, 0.3) is 0 Å². The van der Waals surface area contributed by atoms with E-state index >= 15 is 0 Å². The van der Waals surface area contributed by atoms with Crippen LogP contribution in [0.2, 0.25) is 0 Å². The number of rotatable bonds is 2. The van der Waals surface area contributed by atoms with Crippen molar-refractivity contribution in [2.75, 3.05) is 6.61 Å². The van der Waals surface area contributed by atoms with Crippen LogP contribution >= 0.6 is 0 Å². The van der Waals surface area contributed by atoms with Crippen molar-refractivity contribution in [3.63, 3.8) is 0 Å². The van der Waals surface area contributed by atoms with Gasteiger partial charge in [0.05, 0.1) is 12.6 Å². The summed E-state index contributed by atoms with van der Waals surface area (Å²) < 4.78 is 2.04. The summed E-state index contributed by atoms with van der Waals surface area (Å²) in [5.74, 6) is 0. The minimum Gasteiger partial charge on any atom is -0.307 e. The van der Waals surface area contributed by atoms with Gasteiger partial charge in [0.15, 0.2) is 0 Å². The van der Waals surface area contributed by atoms with E-state index in [-0.39, 0.29) is 6.04 Å². The van der Waals surface area contributed by atoms with Gasteiger partial charge in [-0.2, -0.15) is 5.48 Å². The Morgan fingerprint density at radius 2 is 2.20 bits per heavy atom. The predicted molar refractivity (Wildman–Crippen MR) is 77.1 cm³/mol. The van der Waals surface area contributed by atoms with Crippen LogP contribution in [0.3, 0.4) is 0 Å². The molecule has 0 unspecified atom stereocenters. The molecule has 1 aromatic carbocycles. The van der Waals surface area contributed by atoms with Crippen molar-refractivity contribution in [2.45, 2.75) is 12.5 Å². The maximum absolute atomic E-state index is 5.25. The number of fused-ring (bicyclic) bond motifs is 1. The van der Waals surface area contributed by atoms with E-state index in [9.17, 15) is 0 Å². The molecule has 20 heavy (non-hydrogen) atoms. The van der Waals surface area contributed by atoms with Crippen molar-refractivity contribution in [1.29, 1.82) is 0 Å². The molecule has 2 aromatic heterocycles. The second-order valence-electron chi connectivity index (χ2n) is 5.01. The third-order valence-corrected chi connectivity index (χ3v) is 3.75. The van der Waals surface area contributed by atoms with Crippen molar-refractivity contribution in [3.05, 3.63) is 60.6 Å². The monoisotopic (exact) mass is 265 g/mol. The summed E-state index contributed by atoms with van der Waals surface area (Å²) in [4.78, 5) is 9.69. The average Bonchev–Trinajstić information content (AvgIpc) is 3.18. The molecule has 1 atom stereocenters. The Morgan fingerprint density at radius 1 is 1.20 bits per heavy atom. The first-order valence-corrected chi connectivity index (χ1v) is 6.81. The van der Waals surface area contributed by atoms with Crippen LogP contribution in [0, 0.1) is 0 Å². The van der Waals surface area contributed by atoms with Crippen molar-refractivity contribution < 1.29 is 4.84 Å². The SMILES string of the molecule is c1cc(-c2cccn3ccnc23)cc([C@H]2CCON2)c1. The van der Waals surface area contributed by atoms with Crippen LogP contribution < -0.4 is 5.48 Å². The van der Waals surface area contributed by atoms with Crippen molar-refractivity contribution in [2.24, 2.45) is 0 Å². The first-order chi connectivity index (χ1) is 9.92. The summed E-state index contributed by atoms with van der Waals surface area (Å²) in [5, 5.41) is 0. The molecule has 0 amide bonds. The Kier molecular flexibility index (Phi) is 2.76. The van der Waals surface area contributed by atoms with Gasteiger partial charge in [-0.15, -0.1) is 0 Å². The van der Waals surface area contributed by atoms with E-state index in [0.29, 0.717) is 0 Å². The van der Waals surface area contributed by atoms with Gasteiger partial charge in [-0.05, 0) is 35.7 Å². The molecule has 1 fully saturated rings. The van der Waals surface area contributed by atoms with Gasteiger partial charge < -0.3 is 9.24 Å². The second-order valence-corrected chi connectivity index (χ2v) is 5.01. The number of pyridine rings is 1. The normalized spacial score (nSPS) is 18.7. The number of hydrogen-bond acceptors (Lipinski definition) is 3. The summed E-state index contributed by atoms with van der Waals surface area (Å²) in [6.45, 7) is 0.769. The lowest BCUT2D eigenvalue weighted by Gasteiger charge is -2.11. The molecule has 100 valence electrons. The number of imidazole rings is 1. The molecule has 0 bridgehead atoms. The summed E-state index contributed by atoms with van der Waals surface area (Å²) in [7, 11) is 0. The largest absolute Gasteiger partial charge is 0.307 e. The molecule has 4 heteroatoms. The zero-order chi connectivity index (χ0) is 13.4. The molecular formula is C16H15N3O. The first kappa shape index (κ1) is 11.6. The minimum atomic E-state index is 0.287. The van der Waals surface area contributed by atoms with Crippen molar-refractivity contribution in [3.8, 4) is 11.1 Å². The highest BCUT2D eigenvalue weighted by atomic mass is 16.7. The van der Waals surface area contributed by atoms with E-state index < -0.39 is 0 Å². The lowest BCUT2D eigenvalue weighted by molar-refractivity contribution is 0.0883. The zero-order valence-electron chi connectivity index (χ0n) is 11.0. The zero-order valence-corrected chi connectivity index (χ0v) is 11.0. The van der Waals surface area contributed by atoms with Gasteiger partial charge in [-0.1, -0.05) is 18.2 Å². The summed E-state index contributed by atoms with van der Waals surface area (Å²) >= 11 is 0. The molecule has 0 aliphatic carbocycles. The molecule has 0 spiro atoms. The third kappa shape index (κ3) is 1.90. The van der Waals surface area contributed by atoms with E-state index in [1.54, 1.807) is 0 Å². The van der Waals surface area contributed by atoms with Crippen LogP contribution in [-0.2, 0) is 4.84 Å². The Balaban J connectivity index is 1.81. The fourth-order valence-electron chi connectivity index (χ4n) is 2.73. The topological polar surface area (TPSA) is 38.6 Å². The van der Waals surface area contributed by atoms with Gasteiger partial charge in [0.2, 0.25) is 0 Å². The van der Waals surface area contributed by atoms with E-state index in [1.807, 2.05) is 29.1 Å². The fourth-order valence-corrected chi connectivity index (χ4v) is 2.73. The average molecular weight is 265 g/mol. The molecule has 0 saturated carbocycles. The van der Waals surface area contributed by atoms with E-state index in [4.69, 9.17) is 4.84 Å². The van der Waals surface area contributed by atoms with Crippen LogP contribution in [-0.4, -0.2) is 16.0 Å². The highest BCUT2D eigenvalue weighted by Crippen LogP contribution is 2.28. The molecule has 1 aliphatic rings. The maximum atomic E-state index is 5.25. The van der Waals surface area contributed by atoms with Crippen LogP contribution in [0.4, 0.5) is 0 Å². The Morgan fingerprint density at radius 3 is 3.10 bits per heavy atom. The Bertz CT molecular complexity index is 744. The van der Waals surface area contributed by atoms with Crippen molar-refractivity contribution >= 4 is 5.65 Å². The predicted octanol–water partition coefficient (Wildman–Crippen LogP) is 2.97. The summed E-state index contributed by atoms with van der Waals surface area (Å²) in [6.07, 6.45) is 6.82. The molecule has 3 aromatic rings. The smallest absolute Gasteiger partial charge is 0.144 e. The van der Waals surface area contributed by atoms with Gasteiger partial charge in [-0.25, -0.2) is 4.98 Å². The third-order valence-electron chi connectivity index (χ3n) is 3.75. The second kappa shape index (κ2) is 4.74. The number of nitrogens with one attached hydrogen (secondary N) is 1. The Hall–Kier alpha value is -2.17. The summed E-state index contributed by atoms with van der Waals surface area (Å²) in [6, 6.07) is 13.0. The minimum absolute atomic E-state index is 0.287. The van der Waals surface area contributed by atoms with E-state index in [1.165, 1.54) is 11.1 Å². The van der Waals surface area contributed by atoms with Crippen LogP contribution in [0.5, 0.6) is 0 Å². The van der Waals surface area contributed by atoms with Gasteiger partial charge >= 0.3 is 0 Å². The number of hydroxylamine groups is 1. The molecule has 4 rings (SSSR count). The maximum Gasteiger partial charge on any atom is 0.144 e. The van der Waals surface area contributed by atoms with Gasteiger partial charge in [0.1, 0.15) is 5.65 Å². The summed E-state index contributed by atoms with van der Waals surface area (Å²) in [5.41, 5.74) is 7.65. The van der Waals surface area contributed by atoms with Gasteiger partial charge in [0, 0.05) is 24.2 Å². The molecular weight excluding hydrogens is 250 g/mol. The van der Waals surface area contributed by atoms with Gasteiger partial charge in [-0.3, -0.25) is 0 Å². The number of benzene rings is 1.